The molecule has 5 rings (SSSR count). The van der Waals surface area contributed by atoms with E-state index in [-0.39, 0.29) is 33.3 Å². The first-order chi connectivity index (χ1) is 16.2. The van der Waals surface area contributed by atoms with Gasteiger partial charge in [0.25, 0.3) is 11.5 Å². The Morgan fingerprint density at radius 1 is 1.15 bits per heavy atom. The van der Waals surface area contributed by atoms with E-state index in [2.05, 4.69) is 15.5 Å². The molecule has 11 heteroatoms. The average Bonchev–Trinajstić information content (AvgIpc) is 3.21. The molecule has 2 aliphatic heterocycles. The van der Waals surface area contributed by atoms with Crippen molar-refractivity contribution in [2.24, 2.45) is 5.16 Å². The number of nitrogens with one attached hydrogen (secondary N) is 1. The van der Waals surface area contributed by atoms with Crippen LogP contribution < -0.4 is 5.32 Å². The molecule has 2 aliphatic rings. The quantitative estimate of drug-likeness (QED) is 0.455. The Bertz CT molecular complexity index is 1310. The molecule has 1 unspecified atom stereocenters. The molecular weight excluding hydrogens is 510 g/mol. The highest BCUT2D eigenvalue weighted by molar-refractivity contribution is 8.00. The third kappa shape index (κ3) is 3.99. The predicted octanol–water partition coefficient (Wildman–Crippen LogP) is 5.97. The van der Waals surface area contributed by atoms with Gasteiger partial charge in [0, 0.05) is 56.7 Å². The van der Waals surface area contributed by atoms with Gasteiger partial charge in [-0.05, 0) is 30.3 Å². The number of carbonyl (C=O) groups excluding carboxylic acids is 1. The van der Waals surface area contributed by atoms with Gasteiger partial charge >= 0.3 is 6.18 Å². The van der Waals surface area contributed by atoms with E-state index in [9.17, 15) is 18.0 Å². The number of rotatable bonds is 4. The summed E-state index contributed by atoms with van der Waals surface area (Å²) in [6.07, 6.45) is -3.87. The summed E-state index contributed by atoms with van der Waals surface area (Å²) in [4.78, 5) is 22.2. The summed E-state index contributed by atoms with van der Waals surface area (Å²) in [5.41, 5.74) is -1.79. The number of hydrogen-bond donors (Lipinski definition) is 1. The smallest absolute Gasteiger partial charge is 0.374 e. The maximum absolute atomic E-state index is 14.3. The molecule has 1 N–H and O–H groups in total. The number of hydrogen-bond acceptors (Lipinski definition) is 5. The highest BCUT2D eigenvalue weighted by atomic mass is 35.5. The number of thioether (sulfide) groups is 1. The molecule has 0 saturated carbocycles. The number of benzene rings is 2. The third-order valence-electron chi connectivity index (χ3n) is 5.81. The van der Waals surface area contributed by atoms with Crippen molar-refractivity contribution in [1.29, 1.82) is 0 Å². The highest BCUT2D eigenvalue weighted by Gasteiger charge is 2.62. The number of pyridine rings is 1. The van der Waals surface area contributed by atoms with Gasteiger partial charge in [-0.25, -0.2) is 0 Å². The first-order valence-electron chi connectivity index (χ1n) is 10.2. The zero-order chi connectivity index (χ0) is 24.1. The maximum Gasteiger partial charge on any atom is 0.435 e. The summed E-state index contributed by atoms with van der Waals surface area (Å²) < 4.78 is 43.0. The number of fused-ring (bicyclic) bond motifs is 1. The Morgan fingerprint density at radius 3 is 2.53 bits per heavy atom. The van der Waals surface area contributed by atoms with E-state index >= 15 is 0 Å². The van der Waals surface area contributed by atoms with Crippen LogP contribution in [0, 0.1) is 0 Å². The fourth-order valence-electron chi connectivity index (χ4n) is 4.02. The van der Waals surface area contributed by atoms with Crippen LogP contribution in [-0.2, 0) is 10.4 Å². The molecule has 3 heterocycles. The molecule has 5 nitrogen and oxygen atoms in total. The SMILES string of the molecule is O=C(NC1CSC1)c1ccc(C2=NOC(c3cc(Cl)cc(Cl)c3)(C(F)(F)F)C2)c2cccnc12. The second-order valence-electron chi connectivity index (χ2n) is 8.06. The first-order valence-corrected chi connectivity index (χ1v) is 12.1. The normalized spacial score (nSPS) is 20.6. The zero-order valence-corrected chi connectivity index (χ0v) is 19.7. The van der Waals surface area contributed by atoms with Gasteiger partial charge in [0.15, 0.2) is 0 Å². The van der Waals surface area contributed by atoms with E-state index in [1.165, 1.54) is 24.4 Å². The number of amides is 1. The predicted molar refractivity (Wildman–Crippen MR) is 127 cm³/mol. The van der Waals surface area contributed by atoms with E-state index in [0.29, 0.717) is 22.0 Å². The van der Waals surface area contributed by atoms with E-state index in [4.69, 9.17) is 28.0 Å². The van der Waals surface area contributed by atoms with Gasteiger partial charge in [-0.15, -0.1) is 0 Å². The van der Waals surface area contributed by atoms with Crippen LogP contribution in [0.25, 0.3) is 10.9 Å². The van der Waals surface area contributed by atoms with E-state index < -0.39 is 18.2 Å². The lowest BCUT2D eigenvalue weighted by Gasteiger charge is -2.29. The summed E-state index contributed by atoms with van der Waals surface area (Å²) in [6, 6.07) is 10.3. The van der Waals surface area contributed by atoms with Gasteiger partial charge in [0.1, 0.15) is 0 Å². The minimum Gasteiger partial charge on any atom is -0.374 e. The molecule has 0 spiro atoms. The number of oxime groups is 1. The Balaban J connectivity index is 1.54. The van der Waals surface area contributed by atoms with Gasteiger partial charge in [0.2, 0.25) is 0 Å². The van der Waals surface area contributed by atoms with Gasteiger partial charge in [-0.2, -0.15) is 24.9 Å². The van der Waals surface area contributed by atoms with Crippen LogP contribution in [0.2, 0.25) is 10.0 Å². The molecule has 0 radical (unpaired) electrons. The molecule has 0 aliphatic carbocycles. The lowest BCUT2D eigenvalue weighted by molar-refractivity contribution is -0.275. The first kappa shape index (κ1) is 23.3. The van der Waals surface area contributed by atoms with Crippen LogP contribution >= 0.6 is 35.0 Å². The molecule has 1 saturated heterocycles. The lowest BCUT2D eigenvalue weighted by Crippen LogP contribution is -2.43. The van der Waals surface area contributed by atoms with Crippen molar-refractivity contribution >= 4 is 57.5 Å². The van der Waals surface area contributed by atoms with Crippen LogP contribution in [0.5, 0.6) is 0 Å². The van der Waals surface area contributed by atoms with Crippen LogP contribution in [0.4, 0.5) is 13.2 Å². The fourth-order valence-corrected chi connectivity index (χ4v) is 5.19. The summed E-state index contributed by atoms with van der Waals surface area (Å²) in [7, 11) is 0. The molecule has 3 aromatic rings. The number of carbonyl (C=O) groups is 1. The van der Waals surface area contributed by atoms with Crippen LogP contribution in [-0.4, -0.2) is 40.3 Å². The molecule has 1 amide bonds. The Kier molecular flexibility index (Phi) is 5.90. The van der Waals surface area contributed by atoms with Gasteiger partial charge in [0.05, 0.1) is 16.8 Å². The Morgan fingerprint density at radius 2 is 1.88 bits per heavy atom. The topological polar surface area (TPSA) is 63.6 Å². The van der Waals surface area contributed by atoms with E-state index in [1.54, 1.807) is 36.0 Å². The standard InChI is InChI=1S/C23H16Cl2F3N3O2S/c24-13-6-12(7-14(25)8-13)22(23(26,27)28)9-19(31-33-22)16-3-4-18(20-17(16)2-1-5-29-20)21(32)30-15-10-34-11-15/h1-8,15H,9-11H2,(H,30,32). The monoisotopic (exact) mass is 525 g/mol. The molecule has 34 heavy (non-hydrogen) atoms. The molecule has 0 bridgehead atoms. The van der Waals surface area contributed by atoms with Crippen molar-refractivity contribution < 1.29 is 22.8 Å². The van der Waals surface area contributed by atoms with Crippen LogP contribution in [0.15, 0.2) is 53.8 Å². The molecule has 2 aromatic carbocycles. The van der Waals surface area contributed by atoms with Crippen molar-refractivity contribution in [2.75, 3.05) is 11.5 Å². The van der Waals surface area contributed by atoms with Crippen molar-refractivity contribution in [3.8, 4) is 0 Å². The average molecular weight is 526 g/mol. The second kappa shape index (κ2) is 8.62. The maximum atomic E-state index is 14.3. The zero-order valence-electron chi connectivity index (χ0n) is 17.3. The minimum atomic E-state index is -4.80. The summed E-state index contributed by atoms with van der Waals surface area (Å²) in [5.74, 6) is 1.41. The molecular formula is C23H16Cl2F3N3O2S. The fraction of sp³-hybridized carbons (Fsp3) is 0.261. The van der Waals surface area contributed by atoms with E-state index in [1.807, 2.05) is 0 Å². The van der Waals surface area contributed by atoms with Crippen molar-refractivity contribution in [2.45, 2.75) is 24.2 Å². The molecule has 1 atom stereocenters. The van der Waals surface area contributed by atoms with E-state index in [0.717, 1.165) is 11.5 Å². The largest absolute Gasteiger partial charge is 0.435 e. The third-order valence-corrected chi connectivity index (χ3v) is 7.53. The van der Waals surface area contributed by atoms with Gasteiger partial charge < -0.3 is 10.2 Å². The molecule has 176 valence electrons. The van der Waals surface area contributed by atoms with Crippen molar-refractivity contribution in [3.63, 3.8) is 0 Å². The highest BCUT2D eigenvalue weighted by Crippen LogP contribution is 2.50. The summed E-state index contributed by atoms with van der Waals surface area (Å²) in [5, 5.41) is 7.40. The van der Waals surface area contributed by atoms with Crippen molar-refractivity contribution in [3.05, 3.63) is 75.4 Å². The number of nitrogens with zero attached hydrogens (tertiary/aromatic N) is 2. The summed E-state index contributed by atoms with van der Waals surface area (Å²) >= 11 is 13.7. The summed E-state index contributed by atoms with van der Waals surface area (Å²) in [6.45, 7) is 0. The van der Waals surface area contributed by atoms with Gasteiger partial charge in [-0.3, -0.25) is 9.78 Å². The number of aromatic nitrogens is 1. The molecule has 1 fully saturated rings. The Hall–Kier alpha value is -2.49. The second-order valence-corrected chi connectivity index (χ2v) is 10.0. The van der Waals surface area contributed by atoms with Crippen molar-refractivity contribution in [1.82, 2.24) is 10.3 Å². The lowest BCUT2D eigenvalue weighted by atomic mass is 9.85. The van der Waals surface area contributed by atoms with Crippen LogP contribution in [0.1, 0.15) is 27.9 Å². The van der Waals surface area contributed by atoms with Gasteiger partial charge in [-0.1, -0.05) is 40.5 Å². The molecule has 1 aromatic heterocycles. The van der Waals surface area contributed by atoms with Crippen LogP contribution in [0.3, 0.4) is 0 Å². The Labute approximate surface area is 206 Å². The minimum absolute atomic E-state index is 0.0538. The number of alkyl halides is 3. The number of halogens is 5.